The van der Waals surface area contributed by atoms with Gasteiger partial charge < -0.3 is 29.6 Å². The Morgan fingerprint density at radius 3 is 2.49 bits per heavy atom. The highest BCUT2D eigenvalue weighted by atomic mass is 19.4. The molecule has 4 rings (SSSR count). The lowest BCUT2D eigenvalue weighted by atomic mass is 9.95. The highest BCUT2D eigenvalue weighted by Crippen LogP contribution is 2.35. The smallest absolute Gasteiger partial charge is 0.383 e. The van der Waals surface area contributed by atoms with Crippen LogP contribution < -0.4 is 16.4 Å². The molecule has 1 aromatic carbocycles. The van der Waals surface area contributed by atoms with E-state index in [4.69, 9.17) is 10.1 Å². The van der Waals surface area contributed by atoms with E-state index in [2.05, 4.69) is 4.98 Å². The summed E-state index contributed by atoms with van der Waals surface area (Å²) < 4.78 is 46.1. The van der Waals surface area contributed by atoms with Gasteiger partial charge in [-0.15, -0.1) is 0 Å². The molecule has 0 spiro atoms. The third-order valence-electron chi connectivity index (χ3n) is 5.86. The number of fused-ring (bicyclic) bond motifs is 1. The summed E-state index contributed by atoms with van der Waals surface area (Å²) in [7, 11) is 3.09. The van der Waals surface area contributed by atoms with Crippen LogP contribution in [0, 0.1) is 5.41 Å². The number of alkyl halides is 3. The molecule has 3 aromatic heterocycles. The van der Waals surface area contributed by atoms with E-state index in [1.165, 1.54) is 26.6 Å². The molecule has 0 unspecified atom stereocenters. The Balaban J connectivity index is 1.99. The van der Waals surface area contributed by atoms with Gasteiger partial charge in [0.15, 0.2) is 0 Å². The van der Waals surface area contributed by atoms with E-state index < -0.39 is 11.9 Å². The molecule has 0 radical (unpaired) electrons. The van der Waals surface area contributed by atoms with Gasteiger partial charge in [0.05, 0.1) is 6.61 Å². The van der Waals surface area contributed by atoms with Crippen molar-refractivity contribution < 1.29 is 17.9 Å². The SMILES string of the molecule is COCCn1cc(-c2ccccc2)c(-c2cn(C)c(=O)c3[nH]c(/C(C=N)=C/NC(F)(F)F)cc23)cc1=O. The van der Waals surface area contributed by atoms with Gasteiger partial charge in [0.25, 0.3) is 11.1 Å². The maximum Gasteiger partial charge on any atom is 0.481 e. The molecular formula is C26H24F3N5O3. The Labute approximate surface area is 209 Å². The zero-order valence-electron chi connectivity index (χ0n) is 20.0. The maximum atomic E-state index is 13.0. The molecule has 3 N–H and O–H groups in total. The van der Waals surface area contributed by atoms with Gasteiger partial charge in [0.2, 0.25) is 0 Å². The highest BCUT2D eigenvalue weighted by molar-refractivity contribution is 6.10. The van der Waals surface area contributed by atoms with Crippen LogP contribution >= 0.6 is 0 Å². The van der Waals surface area contributed by atoms with Gasteiger partial charge >= 0.3 is 6.30 Å². The quantitative estimate of drug-likeness (QED) is 0.245. The monoisotopic (exact) mass is 511 g/mol. The molecule has 0 bridgehead atoms. The van der Waals surface area contributed by atoms with Crippen molar-refractivity contribution >= 4 is 22.7 Å². The van der Waals surface area contributed by atoms with Crippen LogP contribution in [0.1, 0.15) is 5.69 Å². The summed E-state index contributed by atoms with van der Waals surface area (Å²) in [6.07, 6.45) is 0.0323. The number of rotatable bonds is 8. The third kappa shape index (κ3) is 5.41. The summed E-state index contributed by atoms with van der Waals surface area (Å²) in [6, 6.07) is 12.4. The lowest BCUT2D eigenvalue weighted by molar-refractivity contribution is -0.146. The van der Waals surface area contributed by atoms with E-state index >= 15 is 0 Å². The average Bonchev–Trinajstić information content (AvgIpc) is 3.31. The molecule has 192 valence electrons. The molecule has 37 heavy (non-hydrogen) atoms. The van der Waals surface area contributed by atoms with Crippen LogP contribution in [0.25, 0.3) is 38.7 Å². The minimum absolute atomic E-state index is 0.111. The number of hydrogen-bond donors (Lipinski definition) is 3. The number of hydrogen-bond acceptors (Lipinski definition) is 5. The van der Waals surface area contributed by atoms with Gasteiger partial charge in [-0.2, -0.15) is 13.2 Å². The second kappa shape index (κ2) is 10.3. The Hall–Kier alpha value is -4.38. The minimum Gasteiger partial charge on any atom is -0.383 e. The number of nitrogens with one attached hydrogen (secondary N) is 3. The van der Waals surface area contributed by atoms with Gasteiger partial charge in [-0.3, -0.25) is 9.59 Å². The second-order valence-corrected chi connectivity index (χ2v) is 8.31. The fraction of sp³-hybridized carbons (Fsp3) is 0.192. The first-order chi connectivity index (χ1) is 17.6. The molecular weight excluding hydrogens is 487 g/mol. The largest absolute Gasteiger partial charge is 0.481 e. The first kappa shape index (κ1) is 25.7. The summed E-state index contributed by atoms with van der Waals surface area (Å²) in [4.78, 5) is 28.8. The van der Waals surface area contributed by atoms with Crippen molar-refractivity contribution in [2.45, 2.75) is 12.8 Å². The minimum atomic E-state index is -4.68. The van der Waals surface area contributed by atoms with E-state index in [1.54, 1.807) is 26.6 Å². The van der Waals surface area contributed by atoms with Crippen LogP contribution in [0.5, 0.6) is 0 Å². The van der Waals surface area contributed by atoms with E-state index in [9.17, 15) is 22.8 Å². The Morgan fingerprint density at radius 1 is 1.11 bits per heavy atom. The van der Waals surface area contributed by atoms with Crippen molar-refractivity contribution in [3.05, 3.63) is 87.5 Å². The van der Waals surface area contributed by atoms with Crippen LogP contribution in [-0.4, -0.2) is 40.3 Å². The summed E-state index contributed by atoms with van der Waals surface area (Å²) in [5.41, 5.74) is 2.11. The number of halogens is 3. The molecule has 0 aliphatic carbocycles. The van der Waals surface area contributed by atoms with Crippen molar-refractivity contribution in [3.8, 4) is 22.3 Å². The number of H-pyrrole nitrogens is 1. The van der Waals surface area contributed by atoms with Crippen LogP contribution in [0.3, 0.4) is 0 Å². The summed E-state index contributed by atoms with van der Waals surface area (Å²) in [5, 5.41) is 9.27. The van der Waals surface area contributed by atoms with Crippen LogP contribution in [-0.2, 0) is 18.3 Å². The molecule has 0 aliphatic heterocycles. The van der Waals surface area contributed by atoms with Crippen molar-refractivity contribution in [1.82, 2.24) is 19.4 Å². The number of methoxy groups -OCH3 is 1. The lowest BCUT2D eigenvalue weighted by Gasteiger charge is -2.15. The van der Waals surface area contributed by atoms with Crippen molar-refractivity contribution in [1.29, 1.82) is 5.41 Å². The zero-order chi connectivity index (χ0) is 26.7. The number of aromatic amines is 1. The molecule has 3 heterocycles. The fourth-order valence-electron chi connectivity index (χ4n) is 4.07. The second-order valence-electron chi connectivity index (χ2n) is 8.31. The molecule has 0 saturated heterocycles. The van der Waals surface area contributed by atoms with E-state index in [-0.39, 0.29) is 22.3 Å². The molecule has 0 atom stereocenters. The normalized spacial score (nSPS) is 12.2. The van der Waals surface area contributed by atoms with E-state index in [1.807, 2.05) is 30.3 Å². The van der Waals surface area contributed by atoms with Gasteiger partial charge in [0, 0.05) is 79.4 Å². The summed E-state index contributed by atoms with van der Waals surface area (Å²) in [6.45, 7) is 0.676. The molecule has 0 fully saturated rings. The van der Waals surface area contributed by atoms with Crippen molar-refractivity contribution in [2.75, 3.05) is 13.7 Å². The molecule has 8 nitrogen and oxygen atoms in total. The third-order valence-corrected chi connectivity index (χ3v) is 5.86. The zero-order valence-corrected chi connectivity index (χ0v) is 20.0. The average molecular weight is 512 g/mol. The van der Waals surface area contributed by atoms with Gasteiger partial charge in [-0.05, 0) is 17.2 Å². The van der Waals surface area contributed by atoms with Crippen molar-refractivity contribution in [2.24, 2.45) is 7.05 Å². The number of benzene rings is 1. The first-order valence-corrected chi connectivity index (χ1v) is 11.2. The predicted octanol–water partition coefficient (Wildman–Crippen LogP) is 4.11. The van der Waals surface area contributed by atoms with Crippen LogP contribution in [0.2, 0.25) is 0 Å². The Bertz CT molecular complexity index is 1600. The van der Waals surface area contributed by atoms with Gasteiger partial charge in [-0.1, -0.05) is 30.3 Å². The molecule has 0 aliphatic rings. The highest BCUT2D eigenvalue weighted by Gasteiger charge is 2.25. The van der Waals surface area contributed by atoms with E-state index in [0.717, 1.165) is 17.3 Å². The predicted molar refractivity (Wildman–Crippen MR) is 136 cm³/mol. The van der Waals surface area contributed by atoms with Crippen LogP contribution in [0.4, 0.5) is 13.2 Å². The maximum absolute atomic E-state index is 13.0. The van der Waals surface area contributed by atoms with Crippen molar-refractivity contribution in [3.63, 3.8) is 0 Å². The Kier molecular flexibility index (Phi) is 7.16. The molecule has 4 aromatic rings. The molecule has 0 amide bonds. The Morgan fingerprint density at radius 2 is 1.84 bits per heavy atom. The van der Waals surface area contributed by atoms with E-state index in [0.29, 0.717) is 35.9 Å². The number of aromatic nitrogens is 3. The summed E-state index contributed by atoms with van der Waals surface area (Å²) in [5.74, 6) is 0. The number of pyridine rings is 2. The molecule has 0 saturated carbocycles. The topological polar surface area (TPSA) is 105 Å². The number of allylic oxidation sites excluding steroid dienone is 1. The number of nitrogens with zero attached hydrogens (tertiary/aromatic N) is 2. The first-order valence-electron chi connectivity index (χ1n) is 11.2. The van der Waals surface area contributed by atoms with Crippen LogP contribution in [0.15, 0.2) is 70.6 Å². The van der Waals surface area contributed by atoms with Gasteiger partial charge in [-0.25, -0.2) is 0 Å². The fourth-order valence-corrected chi connectivity index (χ4v) is 4.07. The standard InChI is InChI=1S/C26H24F3N5O3/c1-33-14-21(19-10-22(32-24(19)25(33)36)17(12-30)13-31-26(27,28)29)18-11-23(35)34(8-9-37-2)15-20(18)16-6-4-3-5-7-16/h3-7,10-15,30-32H,8-9H2,1-2H3/b17-13+,30-12?. The lowest BCUT2D eigenvalue weighted by Crippen LogP contribution is -2.26. The molecule has 11 heteroatoms. The summed E-state index contributed by atoms with van der Waals surface area (Å²) >= 11 is 0. The number of aryl methyl sites for hydroxylation is 1. The number of ether oxygens (including phenoxy) is 1. The van der Waals surface area contributed by atoms with Gasteiger partial charge in [0.1, 0.15) is 5.52 Å².